The van der Waals surface area contributed by atoms with E-state index in [1.807, 2.05) is 49.6 Å². The number of benzene rings is 1. The fraction of sp³-hybridized carbons (Fsp3) is 0.471. The predicted octanol–water partition coefficient (Wildman–Crippen LogP) is 2.64. The minimum atomic E-state index is -0.609. The molecule has 0 saturated carbocycles. The first-order chi connectivity index (χ1) is 11.6. The zero-order chi connectivity index (χ0) is 17.6. The number of nitrogens with one attached hydrogen (secondary N) is 2. The maximum absolute atomic E-state index is 12.4. The molecule has 0 atom stereocenters. The molecule has 1 aromatic carbocycles. The maximum Gasteiger partial charge on any atom is 0.319 e. The first-order valence-electron chi connectivity index (χ1n) is 8.26. The van der Waals surface area contributed by atoms with Crippen LogP contribution in [0.2, 0.25) is 0 Å². The largest absolute Gasteiger partial charge is 0.394 e. The number of rotatable bonds is 7. The zero-order valence-corrected chi connectivity index (χ0v) is 14.4. The number of aryl methyl sites for hydroxylation is 1. The molecule has 2 amide bonds. The minimum Gasteiger partial charge on any atom is -0.394 e. The molecule has 3 N–H and O–H groups in total. The highest BCUT2D eigenvalue weighted by atomic mass is 16.3. The summed E-state index contributed by atoms with van der Waals surface area (Å²) in [5.74, 6) is 0.702. The molecule has 2 rings (SSSR count). The first kappa shape index (κ1) is 17.9. The van der Waals surface area contributed by atoms with Crippen molar-refractivity contribution in [1.29, 1.82) is 0 Å². The van der Waals surface area contributed by atoms with Gasteiger partial charge in [-0.2, -0.15) is 0 Å². The van der Waals surface area contributed by atoms with Gasteiger partial charge in [-0.15, -0.1) is 10.2 Å². The SMILES string of the molecule is CCn1cnnc1-c1ccccc1NC(=O)NC(CC)(CC)CO. The van der Waals surface area contributed by atoms with Crippen LogP contribution < -0.4 is 10.6 Å². The normalized spacial score (nSPS) is 11.3. The number of carbonyl (C=O) groups is 1. The molecule has 0 fully saturated rings. The third kappa shape index (κ3) is 3.73. The molecule has 130 valence electrons. The second kappa shape index (κ2) is 7.92. The Morgan fingerprint density at radius 2 is 1.96 bits per heavy atom. The van der Waals surface area contributed by atoms with Gasteiger partial charge in [0.2, 0.25) is 0 Å². The summed E-state index contributed by atoms with van der Waals surface area (Å²) in [6.45, 7) is 6.53. The average Bonchev–Trinajstić information content (AvgIpc) is 3.09. The number of anilines is 1. The number of urea groups is 1. The third-order valence-electron chi connectivity index (χ3n) is 4.41. The quantitative estimate of drug-likeness (QED) is 0.727. The standard InChI is InChI=1S/C17H25N5O2/c1-4-17(5-2,11-23)20-16(24)19-14-10-8-7-9-13(14)15-21-18-12-22(15)6-3/h7-10,12,23H,4-6,11H2,1-3H3,(H2,19,20,24). The second-order valence-corrected chi connectivity index (χ2v) is 5.71. The Morgan fingerprint density at radius 3 is 2.58 bits per heavy atom. The van der Waals surface area contributed by atoms with Crippen LogP contribution in [0.1, 0.15) is 33.6 Å². The van der Waals surface area contributed by atoms with Gasteiger partial charge in [0.05, 0.1) is 17.8 Å². The summed E-state index contributed by atoms with van der Waals surface area (Å²) in [6, 6.07) is 7.11. The van der Waals surface area contributed by atoms with E-state index in [2.05, 4.69) is 20.8 Å². The van der Waals surface area contributed by atoms with Gasteiger partial charge in [-0.25, -0.2) is 4.79 Å². The van der Waals surface area contributed by atoms with E-state index in [-0.39, 0.29) is 12.6 Å². The van der Waals surface area contributed by atoms with Gasteiger partial charge in [0.15, 0.2) is 5.82 Å². The molecule has 24 heavy (non-hydrogen) atoms. The molecule has 0 saturated heterocycles. The molecule has 0 bridgehead atoms. The van der Waals surface area contributed by atoms with Crippen molar-refractivity contribution in [2.45, 2.75) is 45.7 Å². The fourth-order valence-electron chi connectivity index (χ4n) is 2.57. The Labute approximate surface area is 142 Å². The number of amides is 2. The Kier molecular flexibility index (Phi) is 5.92. The van der Waals surface area contributed by atoms with E-state index in [0.717, 1.165) is 12.1 Å². The van der Waals surface area contributed by atoms with Crippen LogP contribution in [0, 0.1) is 0 Å². The van der Waals surface area contributed by atoms with Crippen molar-refractivity contribution in [3.63, 3.8) is 0 Å². The highest BCUT2D eigenvalue weighted by Crippen LogP contribution is 2.26. The topological polar surface area (TPSA) is 92.1 Å². The van der Waals surface area contributed by atoms with E-state index in [0.29, 0.717) is 24.4 Å². The van der Waals surface area contributed by atoms with E-state index in [1.165, 1.54) is 0 Å². The van der Waals surface area contributed by atoms with Crippen LogP contribution in [0.25, 0.3) is 11.4 Å². The van der Waals surface area contributed by atoms with E-state index < -0.39 is 5.54 Å². The lowest BCUT2D eigenvalue weighted by Crippen LogP contribution is -2.52. The molecule has 0 unspecified atom stereocenters. The summed E-state index contributed by atoms with van der Waals surface area (Å²) in [4.78, 5) is 12.4. The number of hydrogen-bond acceptors (Lipinski definition) is 4. The van der Waals surface area contributed by atoms with Gasteiger partial charge in [0.1, 0.15) is 6.33 Å². The number of hydrogen-bond donors (Lipinski definition) is 3. The summed E-state index contributed by atoms with van der Waals surface area (Å²) in [5.41, 5.74) is 0.842. The van der Waals surface area contributed by atoms with Crippen LogP contribution in [-0.2, 0) is 6.54 Å². The van der Waals surface area contributed by atoms with Gasteiger partial charge < -0.3 is 20.3 Å². The molecule has 0 radical (unpaired) electrons. The van der Waals surface area contributed by atoms with Crippen molar-refractivity contribution >= 4 is 11.7 Å². The lowest BCUT2D eigenvalue weighted by Gasteiger charge is -2.30. The Morgan fingerprint density at radius 1 is 1.25 bits per heavy atom. The van der Waals surface area contributed by atoms with Crippen molar-refractivity contribution in [3.05, 3.63) is 30.6 Å². The summed E-state index contributed by atoms with van der Waals surface area (Å²) < 4.78 is 1.91. The van der Waals surface area contributed by atoms with Crippen LogP contribution in [0.4, 0.5) is 10.5 Å². The smallest absolute Gasteiger partial charge is 0.319 e. The van der Waals surface area contributed by atoms with Gasteiger partial charge >= 0.3 is 6.03 Å². The van der Waals surface area contributed by atoms with Crippen molar-refractivity contribution < 1.29 is 9.90 Å². The summed E-state index contributed by atoms with van der Waals surface area (Å²) in [6.07, 6.45) is 2.97. The summed E-state index contributed by atoms with van der Waals surface area (Å²) >= 11 is 0. The first-order valence-corrected chi connectivity index (χ1v) is 8.26. The Hall–Kier alpha value is -2.41. The number of aromatic nitrogens is 3. The molecule has 0 spiro atoms. The number of aliphatic hydroxyl groups is 1. The number of carbonyl (C=O) groups excluding carboxylic acids is 1. The molecular formula is C17H25N5O2. The van der Waals surface area contributed by atoms with Crippen LogP contribution in [0.3, 0.4) is 0 Å². The number of para-hydroxylation sites is 1. The molecule has 0 aliphatic heterocycles. The molecular weight excluding hydrogens is 306 g/mol. The zero-order valence-electron chi connectivity index (χ0n) is 14.4. The van der Waals surface area contributed by atoms with Gasteiger partial charge in [0.25, 0.3) is 0 Å². The molecule has 0 aliphatic carbocycles. The van der Waals surface area contributed by atoms with E-state index in [4.69, 9.17) is 0 Å². The van der Waals surface area contributed by atoms with Gasteiger partial charge in [-0.3, -0.25) is 0 Å². The Balaban J connectivity index is 2.23. The lowest BCUT2D eigenvalue weighted by molar-refractivity contribution is 0.155. The molecule has 7 nitrogen and oxygen atoms in total. The van der Waals surface area contributed by atoms with Crippen LogP contribution in [0.15, 0.2) is 30.6 Å². The second-order valence-electron chi connectivity index (χ2n) is 5.71. The molecule has 2 aromatic rings. The van der Waals surface area contributed by atoms with Crippen molar-refractivity contribution in [2.24, 2.45) is 0 Å². The molecule has 7 heteroatoms. The minimum absolute atomic E-state index is 0.0980. The fourth-order valence-corrected chi connectivity index (χ4v) is 2.57. The molecule has 0 aliphatic rings. The number of nitrogens with zero attached hydrogens (tertiary/aromatic N) is 3. The van der Waals surface area contributed by atoms with E-state index >= 15 is 0 Å². The molecule has 1 aromatic heterocycles. The average molecular weight is 331 g/mol. The lowest BCUT2D eigenvalue weighted by atomic mass is 9.94. The van der Waals surface area contributed by atoms with Crippen LogP contribution in [-0.4, -0.2) is 38.0 Å². The third-order valence-corrected chi connectivity index (χ3v) is 4.41. The summed E-state index contributed by atoms with van der Waals surface area (Å²) in [5, 5.41) is 23.4. The van der Waals surface area contributed by atoms with Gasteiger partial charge in [-0.05, 0) is 31.9 Å². The van der Waals surface area contributed by atoms with Gasteiger partial charge in [0, 0.05) is 12.1 Å². The predicted molar refractivity (Wildman–Crippen MR) is 93.7 cm³/mol. The van der Waals surface area contributed by atoms with E-state index in [1.54, 1.807) is 6.33 Å². The maximum atomic E-state index is 12.4. The highest BCUT2D eigenvalue weighted by molar-refractivity contribution is 5.94. The highest BCUT2D eigenvalue weighted by Gasteiger charge is 2.27. The number of aliphatic hydroxyl groups excluding tert-OH is 1. The van der Waals surface area contributed by atoms with E-state index in [9.17, 15) is 9.90 Å². The summed E-state index contributed by atoms with van der Waals surface area (Å²) in [7, 11) is 0. The monoisotopic (exact) mass is 331 g/mol. The van der Waals surface area contributed by atoms with Crippen molar-refractivity contribution in [2.75, 3.05) is 11.9 Å². The molecule has 1 heterocycles. The van der Waals surface area contributed by atoms with Crippen LogP contribution >= 0.6 is 0 Å². The van der Waals surface area contributed by atoms with Crippen molar-refractivity contribution in [3.8, 4) is 11.4 Å². The van der Waals surface area contributed by atoms with Crippen molar-refractivity contribution in [1.82, 2.24) is 20.1 Å². The Bertz CT molecular complexity index is 671. The van der Waals surface area contributed by atoms with Gasteiger partial charge in [-0.1, -0.05) is 26.0 Å². The van der Waals surface area contributed by atoms with Crippen LogP contribution in [0.5, 0.6) is 0 Å².